The van der Waals surface area contributed by atoms with Crippen LogP contribution in [0.4, 0.5) is 5.13 Å². The van der Waals surface area contributed by atoms with Gasteiger partial charge in [0, 0.05) is 30.7 Å². The summed E-state index contributed by atoms with van der Waals surface area (Å²) in [5, 5.41) is 1.10. The van der Waals surface area contributed by atoms with Gasteiger partial charge < -0.3 is 9.80 Å². The highest BCUT2D eigenvalue weighted by Gasteiger charge is 2.26. The highest BCUT2D eigenvalue weighted by Crippen LogP contribution is 2.24. The number of anilines is 1. The quantitative estimate of drug-likeness (QED) is 0.806. The molecule has 2 aliphatic heterocycles. The van der Waals surface area contributed by atoms with E-state index in [2.05, 4.69) is 19.2 Å². The molecule has 0 aromatic carbocycles. The smallest absolute Gasteiger partial charge is 0.204 e. The molecule has 94 valence electrons. The van der Waals surface area contributed by atoms with Crippen molar-refractivity contribution in [1.29, 1.82) is 0 Å². The summed E-state index contributed by atoms with van der Waals surface area (Å²) in [7, 11) is 0. The Morgan fingerprint density at radius 1 is 1.06 bits per heavy atom. The molecule has 0 amide bonds. The van der Waals surface area contributed by atoms with Crippen molar-refractivity contribution in [2.75, 3.05) is 31.1 Å². The Kier molecular flexibility index (Phi) is 3.57. The number of piperidine rings is 2. The van der Waals surface area contributed by atoms with Crippen LogP contribution in [-0.4, -0.2) is 46.5 Å². The van der Waals surface area contributed by atoms with E-state index in [1.165, 1.54) is 56.7 Å². The van der Waals surface area contributed by atoms with Crippen LogP contribution in [0.1, 0.15) is 32.1 Å². The zero-order valence-corrected chi connectivity index (χ0v) is 11.0. The van der Waals surface area contributed by atoms with E-state index in [1.54, 1.807) is 6.33 Å². The van der Waals surface area contributed by atoms with Crippen LogP contribution < -0.4 is 4.90 Å². The average molecular weight is 252 g/mol. The first-order valence-corrected chi connectivity index (χ1v) is 7.46. The van der Waals surface area contributed by atoms with Gasteiger partial charge in [0.25, 0.3) is 0 Å². The van der Waals surface area contributed by atoms with Crippen molar-refractivity contribution in [1.82, 2.24) is 14.3 Å². The zero-order valence-electron chi connectivity index (χ0n) is 10.2. The molecule has 2 aliphatic rings. The first-order chi connectivity index (χ1) is 8.43. The number of hydrogen-bond donors (Lipinski definition) is 0. The molecule has 0 saturated carbocycles. The van der Waals surface area contributed by atoms with E-state index in [9.17, 15) is 0 Å². The van der Waals surface area contributed by atoms with Crippen molar-refractivity contribution in [3.05, 3.63) is 6.33 Å². The first-order valence-electron chi connectivity index (χ1n) is 6.69. The second-order valence-electron chi connectivity index (χ2n) is 5.04. The third-order valence-electron chi connectivity index (χ3n) is 3.99. The fraction of sp³-hybridized carbons (Fsp3) is 0.833. The molecule has 3 rings (SSSR count). The molecule has 1 aromatic heterocycles. The predicted octanol–water partition coefficient (Wildman–Crippen LogP) is 1.99. The Morgan fingerprint density at radius 3 is 2.47 bits per heavy atom. The minimum atomic E-state index is 0.819. The van der Waals surface area contributed by atoms with Crippen LogP contribution >= 0.6 is 11.5 Å². The van der Waals surface area contributed by atoms with Crippen molar-refractivity contribution in [3.63, 3.8) is 0 Å². The summed E-state index contributed by atoms with van der Waals surface area (Å²) in [6.45, 7) is 4.94. The minimum Gasteiger partial charge on any atom is -0.347 e. The van der Waals surface area contributed by atoms with Gasteiger partial charge in [-0.2, -0.15) is 4.37 Å². The van der Waals surface area contributed by atoms with Gasteiger partial charge in [0.05, 0.1) is 0 Å². The van der Waals surface area contributed by atoms with E-state index < -0.39 is 0 Å². The topological polar surface area (TPSA) is 32.3 Å². The maximum absolute atomic E-state index is 4.30. The SMILES string of the molecule is c1nsc(N2CCC(N3CCCCC3)CC2)n1. The summed E-state index contributed by atoms with van der Waals surface area (Å²) in [5.74, 6) is 0. The molecule has 5 heteroatoms. The lowest BCUT2D eigenvalue weighted by Gasteiger charge is -2.40. The molecule has 0 spiro atoms. The highest BCUT2D eigenvalue weighted by molar-refractivity contribution is 7.09. The van der Waals surface area contributed by atoms with Crippen LogP contribution in [0.15, 0.2) is 6.33 Å². The Balaban J connectivity index is 1.53. The standard InChI is InChI=1S/C12H20N4S/c1-2-6-15(7-3-1)11-4-8-16(9-5-11)12-13-10-14-17-12/h10-11H,1-9H2. The van der Waals surface area contributed by atoms with Gasteiger partial charge in [0.1, 0.15) is 6.33 Å². The zero-order chi connectivity index (χ0) is 11.5. The average Bonchev–Trinajstić information content (AvgIpc) is 2.94. The Morgan fingerprint density at radius 2 is 1.82 bits per heavy atom. The van der Waals surface area contributed by atoms with Gasteiger partial charge in [-0.25, -0.2) is 4.98 Å². The molecule has 0 unspecified atom stereocenters. The largest absolute Gasteiger partial charge is 0.347 e. The molecule has 0 atom stereocenters. The van der Waals surface area contributed by atoms with Crippen LogP contribution in [-0.2, 0) is 0 Å². The maximum Gasteiger partial charge on any atom is 0.204 e. The van der Waals surface area contributed by atoms with E-state index in [0.717, 1.165) is 24.3 Å². The fourth-order valence-electron chi connectivity index (χ4n) is 3.01. The Hall–Kier alpha value is -0.680. The van der Waals surface area contributed by atoms with Crippen LogP contribution in [0.5, 0.6) is 0 Å². The van der Waals surface area contributed by atoms with Crippen molar-refractivity contribution in [2.24, 2.45) is 0 Å². The van der Waals surface area contributed by atoms with Crippen LogP contribution in [0.3, 0.4) is 0 Å². The van der Waals surface area contributed by atoms with Gasteiger partial charge in [0.2, 0.25) is 5.13 Å². The summed E-state index contributed by atoms with van der Waals surface area (Å²) in [5.41, 5.74) is 0. The summed E-state index contributed by atoms with van der Waals surface area (Å²) in [6, 6.07) is 0.819. The van der Waals surface area contributed by atoms with Gasteiger partial charge in [-0.1, -0.05) is 6.42 Å². The predicted molar refractivity (Wildman–Crippen MR) is 70.6 cm³/mol. The molecule has 3 heterocycles. The molecule has 17 heavy (non-hydrogen) atoms. The van der Waals surface area contributed by atoms with Crippen molar-refractivity contribution in [3.8, 4) is 0 Å². The lowest BCUT2D eigenvalue weighted by Crippen LogP contribution is -2.46. The fourth-order valence-corrected chi connectivity index (χ4v) is 3.59. The van der Waals surface area contributed by atoms with Gasteiger partial charge in [-0.15, -0.1) is 0 Å². The van der Waals surface area contributed by atoms with Crippen LogP contribution in [0, 0.1) is 0 Å². The van der Waals surface area contributed by atoms with Gasteiger partial charge >= 0.3 is 0 Å². The molecule has 2 saturated heterocycles. The molecule has 0 radical (unpaired) electrons. The second kappa shape index (κ2) is 5.31. The Bertz CT molecular complexity index is 326. The maximum atomic E-state index is 4.30. The molecular formula is C12H20N4S. The van der Waals surface area contributed by atoms with Crippen molar-refractivity contribution >= 4 is 16.7 Å². The molecule has 2 fully saturated rings. The number of hydrogen-bond acceptors (Lipinski definition) is 5. The molecule has 0 bridgehead atoms. The van der Waals surface area contributed by atoms with E-state index in [0.29, 0.717) is 0 Å². The van der Waals surface area contributed by atoms with Crippen LogP contribution in [0.2, 0.25) is 0 Å². The molecular weight excluding hydrogens is 232 g/mol. The third kappa shape index (κ3) is 2.60. The number of nitrogens with zero attached hydrogens (tertiary/aromatic N) is 4. The van der Waals surface area contributed by atoms with Gasteiger partial charge in [-0.3, -0.25) is 0 Å². The van der Waals surface area contributed by atoms with Gasteiger partial charge in [0.15, 0.2) is 0 Å². The lowest BCUT2D eigenvalue weighted by molar-refractivity contribution is 0.141. The highest BCUT2D eigenvalue weighted by atomic mass is 32.1. The monoisotopic (exact) mass is 252 g/mol. The van der Waals surface area contributed by atoms with E-state index >= 15 is 0 Å². The normalized spacial score (nSPS) is 24.1. The third-order valence-corrected chi connectivity index (χ3v) is 4.72. The molecule has 0 N–H and O–H groups in total. The first kappa shape index (κ1) is 11.4. The van der Waals surface area contributed by atoms with E-state index in [-0.39, 0.29) is 0 Å². The lowest BCUT2D eigenvalue weighted by atomic mass is 10.0. The summed E-state index contributed by atoms with van der Waals surface area (Å²) >= 11 is 1.52. The van der Waals surface area contributed by atoms with E-state index in [1.807, 2.05) is 0 Å². The summed E-state index contributed by atoms with van der Waals surface area (Å²) < 4.78 is 4.08. The number of aromatic nitrogens is 2. The molecule has 0 aliphatic carbocycles. The van der Waals surface area contributed by atoms with Crippen LogP contribution in [0.25, 0.3) is 0 Å². The second-order valence-corrected chi connectivity index (χ2v) is 5.80. The summed E-state index contributed by atoms with van der Waals surface area (Å²) in [4.78, 5) is 9.39. The Labute approximate surface area is 107 Å². The minimum absolute atomic E-state index is 0.819. The van der Waals surface area contributed by atoms with Crippen molar-refractivity contribution in [2.45, 2.75) is 38.1 Å². The molecule has 4 nitrogen and oxygen atoms in total. The molecule has 1 aromatic rings. The van der Waals surface area contributed by atoms with E-state index in [4.69, 9.17) is 0 Å². The number of likely N-dealkylation sites (tertiary alicyclic amines) is 1. The number of rotatable bonds is 2. The van der Waals surface area contributed by atoms with Gasteiger partial charge in [-0.05, 0) is 38.8 Å². The summed E-state index contributed by atoms with van der Waals surface area (Å²) in [6.07, 6.45) is 8.48. The van der Waals surface area contributed by atoms with Crippen molar-refractivity contribution < 1.29 is 0 Å².